The fourth-order valence-electron chi connectivity index (χ4n) is 1.24. The van der Waals surface area contributed by atoms with Crippen LogP contribution in [0.2, 0.25) is 0 Å². The van der Waals surface area contributed by atoms with Gasteiger partial charge in [0, 0.05) is 33.9 Å². The molecule has 1 aromatic carbocycles. The Hall–Kier alpha value is -1.51. The van der Waals surface area contributed by atoms with Crippen molar-refractivity contribution in [3.05, 3.63) is 29.8 Å². The third-order valence-electron chi connectivity index (χ3n) is 2.31. The van der Waals surface area contributed by atoms with Crippen LogP contribution in [0, 0.1) is 0 Å². The summed E-state index contributed by atoms with van der Waals surface area (Å²) in [6, 6.07) is 8.05. The standard InChI is InChI=1S/C12H18N2O/c1-13(2)11-7-5-10(6-8-11)9-12(15)14(3)4/h5-8H,9H2,1-4H3. The molecule has 0 saturated heterocycles. The summed E-state index contributed by atoms with van der Waals surface area (Å²) >= 11 is 0. The van der Waals surface area contributed by atoms with E-state index in [2.05, 4.69) is 0 Å². The van der Waals surface area contributed by atoms with Crippen LogP contribution in [0.25, 0.3) is 0 Å². The molecule has 0 spiro atoms. The zero-order valence-corrected chi connectivity index (χ0v) is 9.82. The quantitative estimate of drug-likeness (QED) is 0.746. The summed E-state index contributed by atoms with van der Waals surface area (Å²) in [6.07, 6.45) is 0.473. The second-order valence-electron chi connectivity index (χ2n) is 4.03. The van der Waals surface area contributed by atoms with E-state index in [1.165, 1.54) is 0 Å². The Labute approximate surface area is 91.3 Å². The van der Waals surface area contributed by atoms with E-state index in [-0.39, 0.29) is 5.91 Å². The number of amides is 1. The smallest absolute Gasteiger partial charge is 0.226 e. The second-order valence-corrected chi connectivity index (χ2v) is 4.03. The van der Waals surface area contributed by atoms with E-state index in [4.69, 9.17) is 0 Å². The number of likely N-dealkylation sites (N-methyl/N-ethyl adjacent to an activating group) is 1. The molecule has 82 valence electrons. The number of rotatable bonds is 3. The highest BCUT2D eigenvalue weighted by Crippen LogP contribution is 2.12. The Balaban J connectivity index is 2.69. The number of benzene rings is 1. The van der Waals surface area contributed by atoms with Crippen LogP contribution < -0.4 is 4.90 Å². The minimum Gasteiger partial charge on any atom is -0.378 e. The van der Waals surface area contributed by atoms with E-state index in [1.807, 2.05) is 43.3 Å². The number of nitrogens with zero attached hydrogens (tertiary/aromatic N) is 2. The van der Waals surface area contributed by atoms with E-state index in [0.29, 0.717) is 6.42 Å². The zero-order valence-electron chi connectivity index (χ0n) is 9.82. The molecule has 0 aliphatic heterocycles. The molecular weight excluding hydrogens is 188 g/mol. The predicted molar refractivity (Wildman–Crippen MR) is 63.2 cm³/mol. The Kier molecular flexibility index (Phi) is 3.72. The average Bonchev–Trinajstić information content (AvgIpc) is 2.18. The lowest BCUT2D eigenvalue weighted by molar-refractivity contribution is -0.127. The highest BCUT2D eigenvalue weighted by molar-refractivity contribution is 5.78. The summed E-state index contributed by atoms with van der Waals surface area (Å²) in [5, 5.41) is 0. The van der Waals surface area contributed by atoms with Gasteiger partial charge in [0.2, 0.25) is 5.91 Å². The number of carbonyl (C=O) groups is 1. The molecule has 0 aliphatic carbocycles. The first kappa shape index (κ1) is 11.6. The third kappa shape index (κ3) is 3.27. The van der Waals surface area contributed by atoms with Crippen LogP contribution in [0.3, 0.4) is 0 Å². The van der Waals surface area contributed by atoms with Crippen LogP contribution in [-0.2, 0) is 11.2 Å². The maximum absolute atomic E-state index is 11.4. The minimum atomic E-state index is 0.132. The molecule has 0 bridgehead atoms. The highest BCUT2D eigenvalue weighted by Gasteiger charge is 2.05. The van der Waals surface area contributed by atoms with E-state index in [0.717, 1.165) is 11.3 Å². The highest BCUT2D eigenvalue weighted by atomic mass is 16.2. The molecule has 15 heavy (non-hydrogen) atoms. The van der Waals surface area contributed by atoms with Crippen LogP contribution in [0.4, 0.5) is 5.69 Å². The van der Waals surface area contributed by atoms with Crippen LogP contribution in [0.5, 0.6) is 0 Å². The van der Waals surface area contributed by atoms with Crippen LogP contribution in [0.1, 0.15) is 5.56 Å². The van der Waals surface area contributed by atoms with Crippen LogP contribution in [0.15, 0.2) is 24.3 Å². The van der Waals surface area contributed by atoms with Crippen molar-refractivity contribution in [2.45, 2.75) is 6.42 Å². The van der Waals surface area contributed by atoms with Crippen molar-refractivity contribution in [3.63, 3.8) is 0 Å². The van der Waals surface area contributed by atoms with Gasteiger partial charge in [-0.25, -0.2) is 0 Å². The van der Waals surface area contributed by atoms with Gasteiger partial charge in [-0.2, -0.15) is 0 Å². The lowest BCUT2D eigenvalue weighted by Crippen LogP contribution is -2.23. The first-order chi connectivity index (χ1) is 7.00. The molecule has 0 atom stereocenters. The molecule has 3 nitrogen and oxygen atoms in total. The maximum atomic E-state index is 11.4. The predicted octanol–water partition coefficient (Wildman–Crippen LogP) is 1.38. The minimum absolute atomic E-state index is 0.132. The molecule has 0 unspecified atom stereocenters. The molecule has 0 saturated carbocycles. The Morgan fingerprint density at radius 2 is 1.60 bits per heavy atom. The largest absolute Gasteiger partial charge is 0.378 e. The van der Waals surface area contributed by atoms with Crippen molar-refractivity contribution in [1.29, 1.82) is 0 Å². The van der Waals surface area contributed by atoms with Crippen molar-refractivity contribution in [1.82, 2.24) is 4.90 Å². The molecule has 0 N–H and O–H groups in total. The van der Waals surface area contributed by atoms with Gasteiger partial charge in [0.15, 0.2) is 0 Å². The molecule has 1 aromatic rings. The molecule has 0 fully saturated rings. The van der Waals surface area contributed by atoms with Crippen LogP contribution in [-0.4, -0.2) is 39.0 Å². The monoisotopic (exact) mass is 206 g/mol. The van der Waals surface area contributed by atoms with Gasteiger partial charge in [0.05, 0.1) is 6.42 Å². The number of anilines is 1. The summed E-state index contributed by atoms with van der Waals surface area (Å²) in [5.74, 6) is 0.132. The summed E-state index contributed by atoms with van der Waals surface area (Å²) < 4.78 is 0. The Morgan fingerprint density at radius 1 is 1.07 bits per heavy atom. The lowest BCUT2D eigenvalue weighted by atomic mass is 10.1. The Bertz CT molecular complexity index is 328. The van der Waals surface area contributed by atoms with Gasteiger partial charge in [-0.3, -0.25) is 4.79 Å². The molecule has 1 rings (SSSR count). The summed E-state index contributed by atoms with van der Waals surface area (Å²) in [4.78, 5) is 15.1. The molecule has 3 heteroatoms. The second kappa shape index (κ2) is 4.82. The normalized spacial score (nSPS) is 9.87. The van der Waals surface area contributed by atoms with E-state index in [9.17, 15) is 4.79 Å². The zero-order chi connectivity index (χ0) is 11.4. The number of hydrogen-bond acceptors (Lipinski definition) is 2. The topological polar surface area (TPSA) is 23.6 Å². The first-order valence-electron chi connectivity index (χ1n) is 4.97. The van der Waals surface area contributed by atoms with Gasteiger partial charge in [0.25, 0.3) is 0 Å². The van der Waals surface area contributed by atoms with Gasteiger partial charge in [-0.15, -0.1) is 0 Å². The van der Waals surface area contributed by atoms with E-state index in [1.54, 1.807) is 19.0 Å². The van der Waals surface area contributed by atoms with Crippen molar-refractivity contribution < 1.29 is 4.79 Å². The maximum Gasteiger partial charge on any atom is 0.226 e. The number of hydrogen-bond donors (Lipinski definition) is 0. The summed E-state index contributed by atoms with van der Waals surface area (Å²) in [6.45, 7) is 0. The van der Waals surface area contributed by atoms with Crippen LogP contribution >= 0.6 is 0 Å². The molecule has 0 aromatic heterocycles. The summed E-state index contributed by atoms with van der Waals surface area (Å²) in [7, 11) is 7.55. The SMILES string of the molecule is CN(C)C(=O)Cc1ccc(N(C)C)cc1. The van der Waals surface area contributed by atoms with Gasteiger partial charge in [-0.1, -0.05) is 12.1 Å². The van der Waals surface area contributed by atoms with Gasteiger partial charge in [0.1, 0.15) is 0 Å². The van der Waals surface area contributed by atoms with Gasteiger partial charge >= 0.3 is 0 Å². The van der Waals surface area contributed by atoms with Crippen molar-refractivity contribution in [2.24, 2.45) is 0 Å². The van der Waals surface area contributed by atoms with Gasteiger partial charge < -0.3 is 9.80 Å². The average molecular weight is 206 g/mol. The number of carbonyl (C=O) groups excluding carboxylic acids is 1. The molecular formula is C12H18N2O. The van der Waals surface area contributed by atoms with Crippen molar-refractivity contribution in [2.75, 3.05) is 33.1 Å². The molecule has 0 heterocycles. The van der Waals surface area contributed by atoms with E-state index >= 15 is 0 Å². The van der Waals surface area contributed by atoms with E-state index < -0.39 is 0 Å². The van der Waals surface area contributed by atoms with Gasteiger partial charge in [-0.05, 0) is 17.7 Å². The fourth-order valence-corrected chi connectivity index (χ4v) is 1.24. The molecule has 1 amide bonds. The van der Waals surface area contributed by atoms with Crippen molar-refractivity contribution in [3.8, 4) is 0 Å². The summed E-state index contributed by atoms with van der Waals surface area (Å²) in [5.41, 5.74) is 2.20. The molecule has 0 aliphatic rings. The fraction of sp³-hybridized carbons (Fsp3) is 0.417. The third-order valence-corrected chi connectivity index (χ3v) is 2.31. The Morgan fingerprint density at radius 3 is 2.00 bits per heavy atom. The first-order valence-corrected chi connectivity index (χ1v) is 4.97. The lowest BCUT2D eigenvalue weighted by Gasteiger charge is -2.13. The van der Waals surface area contributed by atoms with Crippen molar-refractivity contribution >= 4 is 11.6 Å². The molecule has 0 radical (unpaired) electrons.